The Kier molecular flexibility index (Phi) is 4.61. The Morgan fingerprint density at radius 3 is 2.44 bits per heavy atom. The third kappa shape index (κ3) is 5.72. The maximum absolute atomic E-state index is 8.77. The lowest BCUT2D eigenvalue weighted by Crippen LogP contribution is -2.38. The molecular weight excluding hydrogens is 120 g/mol. The summed E-state index contributed by atoms with van der Waals surface area (Å²) in [5.41, 5.74) is 2.82. The molecule has 0 aliphatic heterocycles. The molecule has 0 rings (SSSR count). The van der Waals surface area contributed by atoms with Crippen LogP contribution in [-0.4, -0.2) is 48.6 Å². The van der Waals surface area contributed by atoms with Gasteiger partial charge >= 0.3 is 0 Å². The first-order chi connectivity index (χ1) is 4.16. The normalized spacial score (nSPS) is 14.3. The summed E-state index contributed by atoms with van der Waals surface area (Å²) in [4.78, 5) is 0. The Morgan fingerprint density at radius 2 is 2.11 bits per heavy atom. The monoisotopic (exact) mass is 134 g/mol. The van der Waals surface area contributed by atoms with E-state index in [0.29, 0.717) is 6.54 Å². The van der Waals surface area contributed by atoms with E-state index in [9.17, 15) is 0 Å². The second kappa shape index (κ2) is 4.69. The molecule has 0 fully saturated rings. The molecule has 0 aliphatic carbocycles. The predicted octanol–water partition coefficient (Wildman–Crippen LogP) is -1.59. The zero-order chi connectivity index (χ0) is 7.28. The Hall–Kier alpha value is -0.160. The molecule has 0 aromatic carbocycles. The van der Waals surface area contributed by atoms with Crippen LogP contribution in [-0.2, 0) is 0 Å². The summed E-state index contributed by atoms with van der Waals surface area (Å²) in [7, 11) is 3.65. The van der Waals surface area contributed by atoms with Crippen molar-refractivity contribution in [3.8, 4) is 0 Å². The van der Waals surface area contributed by atoms with Gasteiger partial charge in [-0.1, -0.05) is 0 Å². The van der Waals surface area contributed by atoms with Crippen LogP contribution in [0.2, 0.25) is 0 Å². The Balaban J connectivity index is 3.06. The Morgan fingerprint density at radius 1 is 1.56 bits per heavy atom. The lowest BCUT2D eigenvalue weighted by molar-refractivity contribution is 0.0783. The van der Waals surface area contributed by atoms with Gasteiger partial charge in [0.05, 0.1) is 12.7 Å². The van der Waals surface area contributed by atoms with Gasteiger partial charge in [0.25, 0.3) is 0 Å². The lowest BCUT2D eigenvalue weighted by Gasteiger charge is -2.13. The van der Waals surface area contributed by atoms with Gasteiger partial charge < -0.3 is 10.2 Å². The van der Waals surface area contributed by atoms with Crippen molar-refractivity contribution in [2.45, 2.75) is 6.10 Å². The average Bonchev–Trinajstić information content (AvgIpc) is 1.83. The molecule has 0 bridgehead atoms. The van der Waals surface area contributed by atoms with Crippen LogP contribution in [0.5, 0.6) is 0 Å². The summed E-state index contributed by atoms with van der Waals surface area (Å²) in [6, 6.07) is 0. The van der Waals surface area contributed by atoms with Crippen LogP contribution in [0.4, 0.5) is 0 Å². The zero-order valence-electron chi connectivity index (χ0n) is 5.83. The highest BCUT2D eigenvalue weighted by atomic mass is 16.3. The van der Waals surface area contributed by atoms with Crippen LogP contribution in [0.3, 0.4) is 0 Å². The minimum Gasteiger partial charge on any atom is -0.394 e. The first kappa shape index (κ1) is 8.84. The number of rotatable bonds is 4. The highest BCUT2D eigenvalue weighted by molar-refractivity contribution is 4.52. The Bertz CT molecular complexity index is 68.0. The molecule has 0 heterocycles. The average molecular weight is 134 g/mol. The molecule has 1 atom stereocenters. The van der Waals surface area contributed by atoms with Gasteiger partial charge in [0.1, 0.15) is 0 Å². The fourth-order valence-electron chi connectivity index (χ4n) is 0.352. The summed E-state index contributed by atoms with van der Waals surface area (Å²) in [5.74, 6) is 0. The third-order valence-corrected chi connectivity index (χ3v) is 0.854. The zero-order valence-corrected chi connectivity index (χ0v) is 5.83. The van der Waals surface area contributed by atoms with E-state index >= 15 is 0 Å². The van der Waals surface area contributed by atoms with Crippen molar-refractivity contribution in [3.05, 3.63) is 0 Å². The SMILES string of the molecule is CN(C)NCC(O)CO. The summed E-state index contributed by atoms with van der Waals surface area (Å²) >= 11 is 0. The van der Waals surface area contributed by atoms with E-state index in [1.165, 1.54) is 0 Å². The van der Waals surface area contributed by atoms with E-state index in [1.54, 1.807) is 5.01 Å². The van der Waals surface area contributed by atoms with Crippen LogP contribution < -0.4 is 5.43 Å². The van der Waals surface area contributed by atoms with Crippen LogP contribution in [0.25, 0.3) is 0 Å². The van der Waals surface area contributed by atoms with Crippen molar-refractivity contribution in [1.82, 2.24) is 10.4 Å². The summed E-state index contributed by atoms with van der Waals surface area (Å²) < 4.78 is 0. The van der Waals surface area contributed by atoms with Crippen molar-refractivity contribution in [3.63, 3.8) is 0 Å². The van der Waals surface area contributed by atoms with Crippen molar-refractivity contribution in [2.75, 3.05) is 27.2 Å². The molecule has 9 heavy (non-hydrogen) atoms. The molecule has 0 aliphatic rings. The van der Waals surface area contributed by atoms with Crippen LogP contribution in [0, 0.1) is 0 Å². The fraction of sp³-hybridized carbons (Fsp3) is 1.00. The predicted molar refractivity (Wildman–Crippen MR) is 34.8 cm³/mol. The number of hydrazine groups is 1. The lowest BCUT2D eigenvalue weighted by atomic mass is 10.4. The third-order valence-electron chi connectivity index (χ3n) is 0.854. The molecule has 0 aromatic heterocycles. The summed E-state index contributed by atoms with van der Waals surface area (Å²) in [6.07, 6.45) is -0.660. The van der Waals surface area contributed by atoms with Crippen LogP contribution in [0.1, 0.15) is 0 Å². The molecule has 0 spiro atoms. The van der Waals surface area contributed by atoms with Gasteiger partial charge in [-0.2, -0.15) is 0 Å². The quantitative estimate of drug-likeness (QED) is 0.406. The molecule has 3 N–H and O–H groups in total. The number of aliphatic hydroxyl groups is 2. The number of hydrogen-bond donors (Lipinski definition) is 3. The fourth-order valence-corrected chi connectivity index (χ4v) is 0.352. The van der Waals surface area contributed by atoms with E-state index in [-0.39, 0.29) is 6.61 Å². The first-order valence-electron chi connectivity index (χ1n) is 2.86. The van der Waals surface area contributed by atoms with Crippen molar-refractivity contribution in [2.24, 2.45) is 0 Å². The van der Waals surface area contributed by atoms with E-state index in [0.717, 1.165) is 0 Å². The Labute approximate surface area is 55.1 Å². The highest BCUT2D eigenvalue weighted by Gasteiger charge is 1.99. The second-order valence-corrected chi connectivity index (χ2v) is 2.09. The van der Waals surface area contributed by atoms with Crippen LogP contribution in [0.15, 0.2) is 0 Å². The second-order valence-electron chi connectivity index (χ2n) is 2.09. The molecular formula is C5H14N2O2. The molecule has 56 valence electrons. The number of nitrogens with zero attached hydrogens (tertiary/aromatic N) is 1. The van der Waals surface area contributed by atoms with Gasteiger partial charge in [-0.05, 0) is 0 Å². The van der Waals surface area contributed by atoms with Crippen LogP contribution >= 0.6 is 0 Å². The first-order valence-corrected chi connectivity index (χ1v) is 2.86. The van der Waals surface area contributed by atoms with Gasteiger partial charge in [0.2, 0.25) is 0 Å². The van der Waals surface area contributed by atoms with Crippen molar-refractivity contribution < 1.29 is 10.2 Å². The van der Waals surface area contributed by atoms with E-state index < -0.39 is 6.10 Å². The number of hydrogen-bond acceptors (Lipinski definition) is 4. The largest absolute Gasteiger partial charge is 0.394 e. The maximum Gasteiger partial charge on any atom is 0.0908 e. The molecule has 0 saturated heterocycles. The van der Waals surface area contributed by atoms with Gasteiger partial charge in [-0.15, -0.1) is 0 Å². The van der Waals surface area contributed by atoms with Gasteiger partial charge in [-0.25, -0.2) is 0 Å². The minimum atomic E-state index is -0.660. The topological polar surface area (TPSA) is 55.7 Å². The number of nitrogens with one attached hydrogen (secondary N) is 1. The van der Waals surface area contributed by atoms with E-state index in [2.05, 4.69) is 5.43 Å². The molecule has 0 aromatic rings. The maximum atomic E-state index is 8.77. The highest BCUT2D eigenvalue weighted by Crippen LogP contribution is 1.75. The van der Waals surface area contributed by atoms with Crippen molar-refractivity contribution in [1.29, 1.82) is 0 Å². The molecule has 4 heteroatoms. The standard InChI is InChI=1S/C5H14N2O2/c1-7(2)6-3-5(9)4-8/h5-6,8-9H,3-4H2,1-2H3. The summed E-state index contributed by atoms with van der Waals surface area (Å²) in [6.45, 7) is 0.199. The molecule has 1 unspecified atom stereocenters. The number of aliphatic hydroxyl groups excluding tert-OH is 2. The molecule has 0 amide bonds. The molecule has 0 radical (unpaired) electrons. The van der Waals surface area contributed by atoms with Gasteiger partial charge in [-0.3, -0.25) is 10.4 Å². The smallest absolute Gasteiger partial charge is 0.0908 e. The molecule has 4 nitrogen and oxygen atoms in total. The van der Waals surface area contributed by atoms with E-state index in [4.69, 9.17) is 10.2 Å². The minimum absolute atomic E-state index is 0.194. The van der Waals surface area contributed by atoms with Crippen molar-refractivity contribution >= 4 is 0 Å². The summed E-state index contributed by atoms with van der Waals surface area (Å²) in [5, 5.41) is 18.8. The van der Waals surface area contributed by atoms with Gasteiger partial charge in [0, 0.05) is 20.6 Å². The van der Waals surface area contributed by atoms with Gasteiger partial charge in [0.15, 0.2) is 0 Å². The van der Waals surface area contributed by atoms with E-state index in [1.807, 2.05) is 14.1 Å². The molecule has 0 saturated carbocycles.